The second-order valence-corrected chi connectivity index (χ2v) is 8.30. The number of halogens is 2. The van der Waals surface area contributed by atoms with Gasteiger partial charge in [-0.05, 0) is 64.3 Å². The molecule has 0 aliphatic heterocycles. The Kier molecular flexibility index (Phi) is 7.38. The Balaban J connectivity index is 1.98. The van der Waals surface area contributed by atoms with Crippen LogP contribution < -0.4 is 10.3 Å². The van der Waals surface area contributed by atoms with Crippen LogP contribution in [-0.4, -0.2) is 33.6 Å². The Bertz CT molecular complexity index is 1170. The van der Waals surface area contributed by atoms with E-state index < -0.39 is 12.6 Å². The molecule has 0 saturated carbocycles. The van der Waals surface area contributed by atoms with Crippen LogP contribution in [0, 0.1) is 0 Å². The summed E-state index contributed by atoms with van der Waals surface area (Å²) in [6, 6.07) is 10.5. The molecule has 3 rings (SSSR count). The van der Waals surface area contributed by atoms with Crippen molar-refractivity contribution in [2.45, 2.75) is 26.2 Å². The first-order valence-electron chi connectivity index (χ1n) is 9.28. The summed E-state index contributed by atoms with van der Waals surface area (Å²) in [5.41, 5.74) is 1.12. The quantitative estimate of drug-likeness (QED) is 0.424. The summed E-state index contributed by atoms with van der Waals surface area (Å²) in [5.74, 6) is -0.0389. The summed E-state index contributed by atoms with van der Waals surface area (Å²) in [6.07, 6.45) is 4.07. The second-order valence-electron chi connectivity index (χ2n) is 6.53. The van der Waals surface area contributed by atoms with E-state index in [9.17, 15) is 9.59 Å². The van der Waals surface area contributed by atoms with E-state index in [4.69, 9.17) is 9.84 Å². The number of hydrogen-bond acceptors (Lipinski definition) is 5. The number of hydrogen-bond donors (Lipinski definition) is 1. The number of nitrogens with zero attached hydrogens (tertiary/aromatic N) is 3. The maximum atomic E-state index is 13.1. The summed E-state index contributed by atoms with van der Waals surface area (Å²) >= 11 is 6.76. The molecular weight excluding hydrogens is 518 g/mol. The Morgan fingerprint density at radius 2 is 2.07 bits per heavy atom. The summed E-state index contributed by atoms with van der Waals surface area (Å²) in [6.45, 7) is 1.65. The number of fused-ring (bicyclic) bond motifs is 1. The SMILES string of the molecule is CCCCc1nc2ccc(Br)cc2c(=O)n1N=Cc1ccc(OCC(=O)O)c(Br)c1. The van der Waals surface area contributed by atoms with Gasteiger partial charge in [-0.15, -0.1) is 0 Å². The third kappa shape index (κ3) is 5.34. The standard InChI is InChI=1S/C21H19Br2N3O4/c1-2-3-4-19-25-17-7-6-14(22)10-15(17)21(29)26(19)24-11-13-5-8-18(16(23)9-13)30-12-20(27)28/h5-11H,2-4,12H2,1H3,(H,27,28). The van der Waals surface area contributed by atoms with Crippen LogP contribution in [0.5, 0.6) is 5.75 Å². The van der Waals surface area contributed by atoms with Gasteiger partial charge in [0.15, 0.2) is 6.61 Å². The summed E-state index contributed by atoms with van der Waals surface area (Å²) in [4.78, 5) is 28.4. The third-order valence-corrected chi connectivity index (χ3v) is 5.37. The lowest BCUT2D eigenvalue weighted by molar-refractivity contribution is -0.139. The molecular formula is C21H19Br2N3O4. The number of aliphatic carboxylic acids is 1. The highest BCUT2D eigenvalue weighted by atomic mass is 79.9. The lowest BCUT2D eigenvalue weighted by Gasteiger charge is -2.09. The highest BCUT2D eigenvalue weighted by Gasteiger charge is 2.11. The molecule has 1 heterocycles. The first-order valence-corrected chi connectivity index (χ1v) is 10.9. The summed E-state index contributed by atoms with van der Waals surface area (Å²) in [5, 5.41) is 13.6. The van der Waals surface area contributed by atoms with Crippen molar-refractivity contribution in [3.8, 4) is 5.75 Å². The van der Waals surface area contributed by atoms with Gasteiger partial charge in [0.2, 0.25) is 0 Å². The van der Waals surface area contributed by atoms with E-state index in [0.717, 1.165) is 17.3 Å². The number of carbonyl (C=O) groups is 1. The van der Waals surface area contributed by atoms with Gasteiger partial charge in [-0.1, -0.05) is 29.3 Å². The van der Waals surface area contributed by atoms with Gasteiger partial charge < -0.3 is 9.84 Å². The molecule has 1 aromatic heterocycles. The molecule has 0 atom stereocenters. The molecule has 0 radical (unpaired) electrons. The van der Waals surface area contributed by atoms with E-state index in [-0.39, 0.29) is 5.56 Å². The molecule has 3 aromatic rings. The van der Waals surface area contributed by atoms with Gasteiger partial charge >= 0.3 is 5.97 Å². The molecule has 0 aliphatic rings. The van der Waals surface area contributed by atoms with Gasteiger partial charge in [0, 0.05) is 10.9 Å². The van der Waals surface area contributed by atoms with E-state index in [1.165, 1.54) is 4.68 Å². The molecule has 156 valence electrons. The van der Waals surface area contributed by atoms with Crippen LogP contribution in [0.2, 0.25) is 0 Å². The van der Waals surface area contributed by atoms with E-state index in [0.29, 0.717) is 38.9 Å². The van der Waals surface area contributed by atoms with Crippen molar-refractivity contribution in [3.63, 3.8) is 0 Å². The molecule has 0 bridgehead atoms. The molecule has 30 heavy (non-hydrogen) atoms. The van der Waals surface area contributed by atoms with Crippen LogP contribution in [-0.2, 0) is 11.2 Å². The predicted octanol–water partition coefficient (Wildman–Crippen LogP) is 4.61. The van der Waals surface area contributed by atoms with Crippen molar-refractivity contribution in [1.82, 2.24) is 9.66 Å². The third-order valence-electron chi connectivity index (χ3n) is 4.26. The van der Waals surface area contributed by atoms with Crippen LogP contribution in [0.3, 0.4) is 0 Å². The zero-order valence-electron chi connectivity index (χ0n) is 16.1. The number of carboxylic acids is 1. The Morgan fingerprint density at radius 3 is 2.77 bits per heavy atom. The normalized spacial score (nSPS) is 11.3. The van der Waals surface area contributed by atoms with Crippen molar-refractivity contribution in [1.29, 1.82) is 0 Å². The second kappa shape index (κ2) is 9.99. The largest absolute Gasteiger partial charge is 0.481 e. The zero-order valence-corrected chi connectivity index (χ0v) is 19.3. The van der Waals surface area contributed by atoms with Crippen molar-refractivity contribution in [2.75, 3.05) is 6.61 Å². The minimum absolute atomic E-state index is 0.232. The average Bonchev–Trinajstić information content (AvgIpc) is 2.71. The van der Waals surface area contributed by atoms with E-state index in [1.54, 1.807) is 30.5 Å². The molecule has 0 unspecified atom stereocenters. The van der Waals surface area contributed by atoms with Crippen LogP contribution >= 0.6 is 31.9 Å². The number of carboxylic acid groups (broad SMARTS) is 1. The van der Waals surface area contributed by atoms with Gasteiger partial charge in [0.1, 0.15) is 11.6 Å². The van der Waals surface area contributed by atoms with Crippen LogP contribution in [0.15, 0.2) is 55.2 Å². The molecule has 9 heteroatoms. The van der Waals surface area contributed by atoms with Gasteiger partial charge in [-0.2, -0.15) is 9.78 Å². The van der Waals surface area contributed by atoms with Crippen molar-refractivity contribution in [3.05, 3.63) is 67.1 Å². The van der Waals surface area contributed by atoms with Crippen molar-refractivity contribution >= 4 is 54.9 Å². The molecule has 2 aromatic carbocycles. The first kappa shape index (κ1) is 22.2. The van der Waals surface area contributed by atoms with Crippen molar-refractivity contribution in [2.24, 2.45) is 5.10 Å². The minimum Gasteiger partial charge on any atom is -0.481 e. The molecule has 0 aliphatic carbocycles. The maximum absolute atomic E-state index is 13.1. The Morgan fingerprint density at radius 1 is 1.27 bits per heavy atom. The van der Waals surface area contributed by atoms with Crippen LogP contribution in [0.4, 0.5) is 0 Å². The predicted molar refractivity (Wildman–Crippen MR) is 123 cm³/mol. The Hall–Kier alpha value is -2.52. The number of aryl methyl sites for hydroxylation is 1. The fourth-order valence-corrected chi connectivity index (χ4v) is 3.66. The van der Waals surface area contributed by atoms with Gasteiger partial charge in [-0.25, -0.2) is 9.78 Å². The topological polar surface area (TPSA) is 93.8 Å². The van der Waals surface area contributed by atoms with Gasteiger partial charge in [0.25, 0.3) is 5.56 Å². The minimum atomic E-state index is -1.05. The van der Waals surface area contributed by atoms with Crippen LogP contribution in [0.25, 0.3) is 10.9 Å². The van der Waals surface area contributed by atoms with Gasteiger partial charge in [-0.3, -0.25) is 4.79 Å². The smallest absolute Gasteiger partial charge is 0.341 e. The lowest BCUT2D eigenvalue weighted by atomic mass is 10.2. The van der Waals surface area contributed by atoms with E-state index in [1.807, 2.05) is 12.1 Å². The number of benzene rings is 2. The zero-order chi connectivity index (χ0) is 21.7. The van der Waals surface area contributed by atoms with Gasteiger partial charge in [0.05, 0.1) is 21.6 Å². The van der Waals surface area contributed by atoms with E-state index in [2.05, 4.69) is 48.9 Å². The first-order chi connectivity index (χ1) is 14.4. The highest BCUT2D eigenvalue weighted by molar-refractivity contribution is 9.10. The number of ether oxygens (including phenoxy) is 1. The number of aromatic nitrogens is 2. The fraction of sp³-hybridized carbons (Fsp3) is 0.238. The average molecular weight is 537 g/mol. The fourth-order valence-electron chi connectivity index (χ4n) is 2.79. The van der Waals surface area contributed by atoms with Crippen molar-refractivity contribution < 1.29 is 14.6 Å². The molecule has 0 spiro atoms. The highest BCUT2D eigenvalue weighted by Crippen LogP contribution is 2.25. The van der Waals surface area contributed by atoms with Crippen LogP contribution in [0.1, 0.15) is 31.2 Å². The summed E-state index contributed by atoms with van der Waals surface area (Å²) < 4.78 is 7.93. The lowest BCUT2D eigenvalue weighted by Crippen LogP contribution is -2.22. The van der Waals surface area contributed by atoms with E-state index >= 15 is 0 Å². The molecule has 0 amide bonds. The number of rotatable bonds is 8. The molecule has 0 saturated heterocycles. The molecule has 0 fully saturated rings. The monoisotopic (exact) mass is 535 g/mol. The molecule has 7 nitrogen and oxygen atoms in total. The number of unbranched alkanes of at least 4 members (excludes halogenated alkanes) is 1. The summed E-state index contributed by atoms with van der Waals surface area (Å²) in [7, 11) is 0. The maximum Gasteiger partial charge on any atom is 0.341 e. The Labute approximate surface area is 189 Å². The molecule has 1 N–H and O–H groups in total.